The monoisotopic (exact) mass is 504 g/mol. The summed E-state index contributed by atoms with van der Waals surface area (Å²) >= 11 is 6.02. The third-order valence-corrected chi connectivity index (χ3v) is 7.33. The summed E-state index contributed by atoms with van der Waals surface area (Å²) in [5.41, 5.74) is 0.805. The molecular weight excluding hydrogens is 480 g/mol. The molecule has 0 aromatic heterocycles. The van der Waals surface area contributed by atoms with Crippen molar-refractivity contribution in [1.82, 2.24) is 0 Å². The van der Waals surface area contributed by atoms with E-state index < -0.39 is 21.0 Å². The number of para-hydroxylation sites is 1. The molecule has 5 rings (SSSR count). The zero-order chi connectivity index (χ0) is 25.7. The minimum absolute atomic E-state index is 0.00834. The third-order valence-electron chi connectivity index (χ3n) is 6.77. The Morgan fingerprint density at radius 3 is 2.17 bits per heavy atom. The van der Waals surface area contributed by atoms with Crippen molar-refractivity contribution in [1.29, 1.82) is 0 Å². The lowest BCUT2D eigenvalue weighted by atomic mass is 9.86. The van der Waals surface area contributed by atoms with Gasteiger partial charge >= 0.3 is 0 Å². The van der Waals surface area contributed by atoms with E-state index in [-0.39, 0.29) is 17.4 Å². The fraction of sp³-hybridized carbons (Fsp3) is 0.269. The van der Waals surface area contributed by atoms with E-state index in [1.165, 1.54) is 18.2 Å². The summed E-state index contributed by atoms with van der Waals surface area (Å²) in [5.74, 6) is 0. The molecule has 0 amide bonds. The van der Waals surface area contributed by atoms with Gasteiger partial charge in [0.15, 0.2) is 5.60 Å². The average molecular weight is 505 g/mol. The van der Waals surface area contributed by atoms with E-state index in [9.17, 15) is 20.2 Å². The van der Waals surface area contributed by atoms with Gasteiger partial charge in [0.05, 0.1) is 21.6 Å². The first-order valence-corrected chi connectivity index (χ1v) is 11.9. The Morgan fingerprint density at radius 2 is 1.50 bits per heavy atom. The van der Waals surface area contributed by atoms with Crippen LogP contribution in [-0.4, -0.2) is 26.0 Å². The van der Waals surface area contributed by atoms with Gasteiger partial charge in [-0.25, -0.2) is 5.06 Å². The van der Waals surface area contributed by atoms with Gasteiger partial charge in [-0.1, -0.05) is 48.6 Å². The molecule has 9 nitrogen and oxygen atoms in total. The lowest BCUT2D eigenvalue weighted by molar-refractivity contribution is -0.385. The third kappa shape index (κ3) is 3.98. The number of nitro benzene ring substituents is 2. The first-order chi connectivity index (χ1) is 17.1. The number of hydrogen-bond acceptors (Lipinski definition) is 7. The minimum Gasteiger partial charge on any atom is -0.328 e. The summed E-state index contributed by atoms with van der Waals surface area (Å²) in [7, 11) is 0. The predicted octanol–water partition coefficient (Wildman–Crippen LogP) is 6.14. The maximum Gasteiger partial charge on any atom is 0.271 e. The van der Waals surface area contributed by atoms with Crippen LogP contribution in [0.4, 0.5) is 22.7 Å². The summed E-state index contributed by atoms with van der Waals surface area (Å²) in [6, 6.07) is 22.2. The van der Waals surface area contributed by atoms with Gasteiger partial charge in [-0.05, 0) is 37.6 Å². The summed E-state index contributed by atoms with van der Waals surface area (Å²) < 4.78 is 0. The highest BCUT2D eigenvalue weighted by Crippen LogP contribution is 2.53. The maximum atomic E-state index is 11.5. The quantitative estimate of drug-likeness (QED) is 0.232. The Morgan fingerprint density at radius 1 is 0.889 bits per heavy atom. The number of rotatable bonds is 5. The van der Waals surface area contributed by atoms with Crippen molar-refractivity contribution < 1.29 is 14.7 Å². The second kappa shape index (κ2) is 8.65. The standard InChI is InChI=1S/C26H24N4O5S/c1-25(2)17-26(24(36)27(25)20-11-7-13-22(15-20)30(33)34)16-23(18-8-6-12-21(14-18)29(31)32)28(35-26)19-9-4-3-5-10-19/h3-15,23H,16-17H2,1-2H3/t23-,26+/m1/s1. The first-order valence-electron chi connectivity index (χ1n) is 11.5. The van der Waals surface area contributed by atoms with Crippen molar-refractivity contribution >= 4 is 40.0 Å². The van der Waals surface area contributed by atoms with Crippen LogP contribution >= 0.6 is 12.2 Å². The number of nitro groups is 2. The van der Waals surface area contributed by atoms with Crippen LogP contribution in [0.2, 0.25) is 0 Å². The molecule has 2 atom stereocenters. The van der Waals surface area contributed by atoms with Crippen LogP contribution in [0.1, 0.15) is 38.3 Å². The molecule has 2 aliphatic rings. The van der Waals surface area contributed by atoms with Gasteiger partial charge in [0, 0.05) is 48.3 Å². The molecular formula is C26H24N4O5S. The zero-order valence-electron chi connectivity index (χ0n) is 19.7. The highest BCUT2D eigenvalue weighted by molar-refractivity contribution is 7.80. The Balaban J connectivity index is 1.58. The van der Waals surface area contributed by atoms with E-state index in [2.05, 4.69) is 0 Å². The molecule has 2 aliphatic heterocycles. The Hall–Kier alpha value is -3.89. The van der Waals surface area contributed by atoms with Crippen LogP contribution < -0.4 is 9.96 Å². The van der Waals surface area contributed by atoms with E-state index in [0.717, 1.165) is 11.3 Å². The molecule has 2 saturated heterocycles. The van der Waals surface area contributed by atoms with Crippen LogP contribution in [0.3, 0.4) is 0 Å². The van der Waals surface area contributed by atoms with Gasteiger partial charge in [-0.2, -0.15) is 0 Å². The minimum atomic E-state index is -0.880. The van der Waals surface area contributed by atoms with Crippen molar-refractivity contribution in [3.05, 3.63) is 105 Å². The molecule has 10 heteroatoms. The van der Waals surface area contributed by atoms with Crippen LogP contribution in [0.5, 0.6) is 0 Å². The van der Waals surface area contributed by atoms with Crippen molar-refractivity contribution in [3.8, 4) is 0 Å². The van der Waals surface area contributed by atoms with Gasteiger partial charge in [0.2, 0.25) is 0 Å². The van der Waals surface area contributed by atoms with Gasteiger partial charge in [0.1, 0.15) is 4.99 Å². The van der Waals surface area contributed by atoms with Crippen LogP contribution in [0.25, 0.3) is 0 Å². The first kappa shape index (κ1) is 23.8. The maximum absolute atomic E-state index is 11.5. The molecule has 3 aromatic rings. The molecule has 36 heavy (non-hydrogen) atoms. The van der Waals surface area contributed by atoms with Gasteiger partial charge in [-0.3, -0.25) is 25.1 Å². The average Bonchev–Trinajstić information content (AvgIpc) is 3.33. The van der Waals surface area contributed by atoms with E-state index in [4.69, 9.17) is 17.1 Å². The molecule has 0 N–H and O–H groups in total. The van der Waals surface area contributed by atoms with Crippen LogP contribution in [0.15, 0.2) is 78.9 Å². The summed E-state index contributed by atoms with van der Waals surface area (Å²) in [5, 5.41) is 24.7. The SMILES string of the molecule is CC1(C)C[C@@]2(C[C@H](c3cccc([N+](=O)[O-])c3)N(c3ccccc3)O2)C(=S)N1c1cccc([N+](=O)[O-])c1. The van der Waals surface area contributed by atoms with Gasteiger partial charge in [-0.15, -0.1) is 0 Å². The second-order valence-corrected chi connectivity index (χ2v) is 10.1. The molecule has 0 saturated carbocycles. The number of benzene rings is 3. The smallest absolute Gasteiger partial charge is 0.271 e. The van der Waals surface area contributed by atoms with Crippen molar-refractivity contribution in [2.24, 2.45) is 0 Å². The second-order valence-electron chi connectivity index (χ2n) is 9.73. The van der Waals surface area contributed by atoms with Crippen molar-refractivity contribution in [3.63, 3.8) is 0 Å². The number of hydroxylamine groups is 1. The molecule has 0 aliphatic carbocycles. The Bertz CT molecular complexity index is 1370. The molecule has 3 aromatic carbocycles. The Kier molecular flexibility index (Phi) is 5.73. The topological polar surface area (TPSA) is 102 Å². The van der Waals surface area contributed by atoms with Crippen molar-refractivity contribution in [2.45, 2.75) is 43.9 Å². The number of nitrogens with zero attached hydrogens (tertiary/aromatic N) is 4. The highest BCUT2D eigenvalue weighted by Gasteiger charge is 2.60. The summed E-state index contributed by atoms with van der Waals surface area (Å²) in [6.07, 6.45) is 1.01. The van der Waals surface area contributed by atoms with Crippen molar-refractivity contribution in [2.75, 3.05) is 9.96 Å². The fourth-order valence-corrected chi connectivity index (χ4v) is 5.91. The van der Waals surface area contributed by atoms with Crippen LogP contribution in [0, 0.1) is 20.2 Å². The van der Waals surface area contributed by atoms with Crippen LogP contribution in [-0.2, 0) is 4.84 Å². The summed E-state index contributed by atoms with van der Waals surface area (Å²) in [4.78, 5) is 31.2. The predicted molar refractivity (Wildman–Crippen MR) is 140 cm³/mol. The molecule has 0 bridgehead atoms. The van der Waals surface area contributed by atoms with Gasteiger partial charge < -0.3 is 4.90 Å². The molecule has 2 fully saturated rings. The number of non-ortho nitro benzene ring substituents is 2. The van der Waals surface area contributed by atoms with Gasteiger partial charge in [0.25, 0.3) is 11.4 Å². The lowest BCUT2D eigenvalue weighted by Crippen LogP contribution is -2.42. The molecule has 0 radical (unpaired) electrons. The molecule has 2 heterocycles. The number of anilines is 2. The van der Waals surface area contributed by atoms with E-state index in [0.29, 0.717) is 23.5 Å². The van der Waals surface area contributed by atoms with E-state index in [1.807, 2.05) is 61.2 Å². The summed E-state index contributed by atoms with van der Waals surface area (Å²) in [6.45, 7) is 4.06. The number of hydrogen-bond donors (Lipinski definition) is 0. The molecule has 184 valence electrons. The Labute approximate surface area is 213 Å². The lowest BCUT2D eigenvalue weighted by Gasteiger charge is -2.32. The largest absolute Gasteiger partial charge is 0.328 e. The van der Waals surface area contributed by atoms with E-state index in [1.54, 1.807) is 23.3 Å². The zero-order valence-corrected chi connectivity index (χ0v) is 20.6. The molecule has 1 spiro atoms. The highest BCUT2D eigenvalue weighted by atomic mass is 32.1. The fourth-order valence-electron chi connectivity index (χ4n) is 5.37. The van der Waals surface area contributed by atoms with E-state index >= 15 is 0 Å². The number of thiocarbonyl (C=S) groups is 1. The molecule has 0 unspecified atom stereocenters. The normalized spacial score (nSPS) is 22.8.